The van der Waals surface area contributed by atoms with Crippen molar-refractivity contribution in [2.75, 3.05) is 20.1 Å². The fourth-order valence-corrected chi connectivity index (χ4v) is 3.95. The Hall–Kier alpha value is -2.46. The first-order valence-corrected chi connectivity index (χ1v) is 8.87. The summed E-state index contributed by atoms with van der Waals surface area (Å²) in [6.07, 6.45) is 2.42. The maximum absolute atomic E-state index is 10.2. The highest BCUT2D eigenvalue weighted by Crippen LogP contribution is 2.34. The maximum atomic E-state index is 10.2. The lowest BCUT2D eigenvalue weighted by Crippen LogP contribution is -2.30. The molecule has 1 aliphatic rings. The van der Waals surface area contributed by atoms with Crippen LogP contribution in [-0.2, 0) is 0 Å². The Balaban J connectivity index is 1.80. The number of hydrogen-bond acceptors (Lipinski definition) is 4. The Morgan fingerprint density at radius 2 is 1.96 bits per heavy atom. The molecule has 1 atom stereocenters. The van der Waals surface area contributed by atoms with Crippen LogP contribution in [0.1, 0.15) is 29.9 Å². The molecule has 4 rings (SSSR count). The Morgan fingerprint density at radius 3 is 2.76 bits per heavy atom. The van der Waals surface area contributed by atoms with E-state index in [1.54, 1.807) is 6.07 Å². The van der Waals surface area contributed by atoms with E-state index in [2.05, 4.69) is 40.3 Å². The monoisotopic (exact) mass is 333 g/mol. The third-order valence-electron chi connectivity index (χ3n) is 5.22. The second-order valence-corrected chi connectivity index (χ2v) is 7.09. The number of nitrogens with zero attached hydrogens (tertiary/aromatic N) is 3. The number of hydrogen-bond donors (Lipinski definition) is 1. The van der Waals surface area contributed by atoms with Gasteiger partial charge in [-0.1, -0.05) is 30.3 Å². The van der Waals surface area contributed by atoms with Gasteiger partial charge in [-0.05, 0) is 62.5 Å². The van der Waals surface area contributed by atoms with Gasteiger partial charge in [0.05, 0.1) is 11.2 Å². The van der Waals surface area contributed by atoms with Crippen molar-refractivity contribution >= 4 is 10.9 Å². The number of rotatable bonds is 2. The quantitative estimate of drug-likeness (QED) is 0.766. The van der Waals surface area contributed by atoms with Crippen LogP contribution >= 0.6 is 0 Å². The zero-order valence-corrected chi connectivity index (χ0v) is 14.7. The molecule has 1 aromatic heterocycles. The van der Waals surface area contributed by atoms with Gasteiger partial charge >= 0.3 is 0 Å². The van der Waals surface area contributed by atoms with Crippen LogP contribution in [0, 0.1) is 6.92 Å². The molecule has 1 unspecified atom stereocenters. The Bertz CT molecular complexity index is 902. The van der Waals surface area contributed by atoms with Crippen molar-refractivity contribution in [1.29, 1.82) is 0 Å². The van der Waals surface area contributed by atoms with E-state index in [9.17, 15) is 5.11 Å². The van der Waals surface area contributed by atoms with E-state index < -0.39 is 0 Å². The number of aryl methyl sites for hydroxylation is 1. The van der Waals surface area contributed by atoms with Crippen LogP contribution in [0.3, 0.4) is 0 Å². The Labute approximate surface area is 148 Å². The summed E-state index contributed by atoms with van der Waals surface area (Å²) in [5.41, 5.74) is 4.76. The normalized spacial score (nSPS) is 18.6. The van der Waals surface area contributed by atoms with E-state index in [1.807, 2.05) is 25.1 Å². The van der Waals surface area contributed by atoms with Crippen LogP contribution in [0.25, 0.3) is 22.2 Å². The minimum Gasteiger partial charge on any atom is -0.507 e. The van der Waals surface area contributed by atoms with Gasteiger partial charge in [0.15, 0.2) is 0 Å². The van der Waals surface area contributed by atoms with Gasteiger partial charge in [0, 0.05) is 17.5 Å². The summed E-state index contributed by atoms with van der Waals surface area (Å²) in [6, 6.07) is 13.9. The third-order valence-corrected chi connectivity index (χ3v) is 5.22. The molecule has 3 aromatic rings. The summed E-state index contributed by atoms with van der Waals surface area (Å²) in [7, 11) is 2.18. The molecule has 128 valence electrons. The van der Waals surface area contributed by atoms with Crippen LogP contribution in [0.5, 0.6) is 5.75 Å². The summed E-state index contributed by atoms with van der Waals surface area (Å²) in [5.74, 6) is 0.758. The first-order chi connectivity index (χ1) is 12.1. The fraction of sp³-hybridized carbons (Fsp3) is 0.333. The molecule has 0 bridgehead atoms. The first-order valence-electron chi connectivity index (χ1n) is 8.87. The van der Waals surface area contributed by atoms with Crippen molar-refractivity contribution in [3.8, 4) is 17.0 Å². The average Bonchev–Trinajstić information content (AvgIpc) is 2.61. The largest absolute Gasteiger partial charge is 0.507 e. The minimum atomic E-state index is 0.249. The molecule has 1 saturated heterocycles. The van der Waals surface area contributed by atoms with Crippen LogP contribution < -0.4 is 0 Å². The number of likely N-dealkylation sites (tertiary alicyclic amines) is 1. The summed E-state index contributed by atoms with van der Waals surface area (Å²) in [5, 5.41) is 20.3. The number of aromatic hydroxyl groups is 1. The number of aromatic nitrogens is 2. The SMILES string of the molecule is Cc1cccc(O)c1-c1cc2cccc(C3CCCN(C)C3)c2nn1. The molecule has 0 aliphatic carbocycles. The maximum Gasteiger partial charge on any atom is 0.125 e. The molecular weight excluding hydrogens is 310 g/mol. The zero-order valence-electron chi connectivity index (χ0n) is 14.7. The second kappa shape index (κ2) is 6.45. The highest BCUT2D eigenvalue weighted by atomic mass is 16.3. The first kappa shape index (κ1) is 16.0. The zero-order chi connectivity index (χ0) is 17.4. The number of phenols is 1. The lowest BCUT2D eigenvalue weighted by atomic mass is 9.89. The molecule has 1 fully saturated rings. The van der Waals surface area contributed by atoms with E-state index in [-0.39, 0.29) is 5.75 Å². The standard InChI is InChI=1S/C21H23N3O/c1-14-6-3-10-19(25)20(14)18-12-15-7-4-9-17(21(15)23-22-18)16-8-5-11-24(2)13-16/h3-4,6-7,9-10,12,16,25H,5,8,11,13H2,1-2H3. The lowest BCUT2D eigenvalue weighted by Gasteiger charge is -2.30. The number of phenolic OH excluding ortho intramolecular Hbond substituents is 1. The lowest BCUT2D eigenvalue weighted by molar-refractivity contribution is 0.251. The fourth-order valence-electron chi connectivity index (χ4n) is 3.95. The molecule has 2 heterocycles. The van der Waals surface area contributed by atoms with E-state index in [0.717, 1.165) is 34.3 Å². The predicted molar refractivity (Wildman–Crippen MR) is 101 cm³/mol. The molecule has 0 radical (unpaired) electrons. The van der Waals surface area contributed by atoms with Crippen LogP contribution in [0.2, 0.25) is 0 Å². The van der Waals surface area contributed by atoms with Crippen molar-refractivity contribution in [2.45, 2.75) is 25.7 Å². The molecule has 1 aliphatic heterocycles. The number of benzene rings is 2. The molecule has 0 spiro atoms. The molecule has 2 aromatic carbocycles. The highest BCUT2D eigenvalue weighted by molar-refractivity contribution is 5.86. The van der Waals surface area contributed by atoms with Crippen LogP contribution in [0.4, 0.5) is 0 Å². The molecule has 4 heteroatoms. The van der Waals surface area contributed by atoms with Gasteiger partial charge in [0.25, 0.3) is 0 Å². The van der Waals surface area contributed by atoms with Crippen LogP contribution in [-0.4, -0.2) is 40.3 Å². The average molecular weight is 333 g/mol. The summed E-state index contributed by atoms with van der Waals surface area (Å²) >= 11 is 0. The van der Waals surface area contributed by atoms with Crippen molar-refractivity contribution in [1.82, 2.24) is 15.1 Å². The van der Waals surface area contributed by atoms with Gasteiger partial charge in [-0.3, -0.25) is 0 Å². The van der Waals surface area contributed by atoms with Gasteiger partial charge < -0.3 is 10.0 Å². The van der Waals surface area contributed by atoms with Gasteiger partial charge in [0.2, 0.25) is 0 Å². The molecule has 0 amide bonds. The molecule has 25 heavy (non-hydrogen) atoms. The highest BCUT2D eigenvalue weighted by Gasteiger charge is 2.21. The number of piperidine rings is 1. The summed E-state index contributed by atoms with van der Waals surface area (Å²) in [6.45, 7) is 4.22. The summed E-state index contributed by atoms with van der Waals surface area (Å²) < 4.78 is 0. The van der Waals surface area contributed by atoms with Gasteiger partial charge in [0.1, 0.15) is 5.75 Å². The van der Waals surface area contributed by atoms with Gasteiger partial charge in [-0.25, -0.2) is 0 Å². The van der Waals surface area contributed by atoms with E-state index in [4.69, 9.17) is 0 Å². The van der Waals surface area contributed by atoms with E-state index in [1.165, 1.54) is 24.9 Å². The van der Waals surface area contributed by atoms with Crippen molar-refractivity contribution in [3.05, 3.63) is 53.6 Å². The Kier molecular flexibility index (Phi) is 4.14. The van der Waals surface area contributed by atoms with Gasteiger partial charge in [-0.2, -0.15) is 0 Å². The van der Waals surface area contributed by atoms with E-state index >= 15 is 0 Å². The molecule has 0 saturated carbocycles. The van der Waals surface area contributed by atoms with Crippen molar-refractivity contribution in [3.63, 3.8) is 0 Å². The summed E-state index contributed by atoms with van der Waals surface area (Å²) in [4.78, 5) is 2.39. The smallest absolute Gasteiger partial charge is 0.125 e. The molecule has 1 N–H and O–H groups in total. The Morgan fingerprint density at radius 1 is 1.12 bits per heavy atom. The van der Waals surface area contributed by atoms with E-state index in [0.29, 0.717) is 5.92 Å². The number of likely N-dealkylation sites (N-methyl/N-ethyl adjacent to an activating group) is 1. The third kappa shape index (κ3) is 2.98. The number of fused-ring (bicyclic) bond motifs is 1. The topological polar surface area (TPSA) is 49.2 Å². The van der Waals surface area contributed by atoms with Gasteiger partial charge in [-0.15, -0.1) is 10.2 Å². The molecule has 4 nitrogen and oxygen atoms in total. The second-order valence-electron chi connectivity index (χ2n) is 7.09. The van der Waals surface area contributed by atoms with Crippen LogP contribution in [0.15, 0.2) is 42.5 Å². The van der Waals surface area contributed by atoms with Crippen molar-refractivity contribution < 1.29 is 5.11 Å². The minimum absolute atomic E-state index is 0.249. The molecular formula is C21H23N3O. The predicted octanol–water partition coefficient (Wildman–Crippen LogP) is 4.12. The van der Waals surface area contributed by atoms with Crippen molar-refractivity contribution in [2.24, 2.45) is 0 Å².